The third-order valence-corrected chi connectivity index (χ3v) is 5.79. The highest BCUT2D eigenvalue weighted by molar-refractivity contribution is 5.77. The molecule has 136 valence electrons. The van der Waals surface area contributed by atoms with Crippen LogP contribution in [0.4, 0.5) is 4.79 Å². The Labute approximate surface area is 147 Å². The molecule has 1 unspecified atom stereocenters. The van der Waals surface area contributed by atoms with Crippen molar-refractivity contribution in [2.75, 3.05) is 6.54 Å². The fourth-order valence-electron chi connectivity index (χ4n) is 4.39. The maximum absolute atomic E-state index is 11.7. The van der Waals surface area contributed by atoms with Gasteiger partial charge in [-0.05, 0) is 48.4 Å². The van der Waals surface area contributed by atoms with Gasteiger partial charge in [-0.15, -0.1) is 0 Å². The van der Waals surface area contributed by atoms with E-state index in [-0.39, 0.29) is 11.5 Å². The number of aliphatic carboxylic acids is 1. The Hall–Kier alpha value is -2.08. The van der Waals surface area contributed by atoms with Crippen LogP contribution in [0.25, 0.3) is 0 Å². The van der Waals surface area contributed by atoms with E-state index in [1.165, 1.54) is 30.4 Å². The van der Waals surface area contributed by atoms with E-state index in [1.807, 2.05) is 12.1 Å². The molecule has 0 aromatic heterocycles. The quantitative estimate of drug-likeness (QED) is 0.781. The summed E-state index contributed by atoms with van der Waals surface area (Å²) in [5.74, 6) is -0.180. The standard InChI is InChI=1S/C19H26N2O4/c1-19-8-4-2-3-5-13(17(19)20)9-12-6-7-14(10-15(12)19)25-18(24)21-11-16(22)23/h6-7,10,13,17H,2-5,8-9,11,20H2,1H3,(H,21,24)(H,22,23)/t13?,17-,19+/m0/s1. The number of ether oxygens (including phenoxy) is 1. The van der Waals surface area contributed by atoms with Crippen molar-refractivity contribution < 1.29 is 19.4 Å². The zero-order valence-corrected chi connectivity index (χ0v) is 14.6. The van der Waals surface area contributed by atoms with Crippen LogP contribution in [-0.2, 0) is 16.6 Å². The molecule has 1 fully saturated rings. The Morgan fingerprint density at radius 1 is 1.36 bits per heavy atom. The molecule has 0 saturated heterocycles. The van der Waals surface area contributed by atoms with E-state index in [0.717, 1.165) is 19.3 Å². The topological polar surface area (TPSA) is 102 Å². The minimum atomic E-state index is -1.11. The van der Waals surface area contributed by atoms with Crippen molar-refractivity contribution in [3.63, 3.8) is 0 Å². The lowest BCUT2D eigenvalue weighted by atomic mass is 9.60. The number of carboxylic acids is 1. The van der Waals surface area contributed by atoms with Crippen molar-refractivity contribution in [2.24, 2.45) is 11.7 Å². The predicted molar refractivity (Wildman–Crippen MR) is 93.7 cm³/mol. The first-order chi connectivity index (χ1) is 11.9. The molecule has 0 spiro atoms. The molecule has 0 aliphatic heterocycles. The number of carboxylic acid groups (broad SMARTS) is 1. The molecule has 2 bridgehead atoms. The SMILES string of the molecule is C[C@@]12CCCCCC(Cc3ccc(OC(=O)NCC(=O)O)cc31)[C@@H]2N. The first-order valence-corrected chi connectivity index (χ1v) is 8.96. The van der Waals surface area contributed by atoms with E-state index < -0.39 is 18.6 Å². The van der Waals surface area contributed by atoms with E-state index >= 15 is 0 Å². The zero-order valence-electron chi connectivity index (χ0n) is 14.6. The molecule has 1 amide bonds. The summed E-state index contributed by atoms with van der Waals surface area (Å²) in [7, 11) is 0. The second kappa shape index (κ2) is 7.04. The molecule has 25 heavy (non-hydrogen) atoms. The van der Waals surface area contributed by atoms with Gasteiger partial charge in [0, 0.05) is 11.5 Å². The van der Waals surface area contributed by atoms with Gasteiger partial charge < -0.3 is 20.9 Å². The lowest BCUT2D eigenvalue weighted by Crippen LogP contribution is -2.52. The summed E-state index contributed by atoms with van der Waals surface area (Å²) < 4.78 is 5.25. The molecule has 3 rings (SSSR count). The van der Waals surface area contributed by atoms with Crippen molar-refractivity contribution in [3.05, 3.63) is 29.3 Å². The molecule has 0 heterocycles. The van der Waals surface area contributed by atoms with Gasteiger partial charge in [-0.2, -0.15) is 0 Å². The van der Waals surface area contributed by atoms with E-state index in [0.29, 0.717) is 11.7 Å². The van der Waals surface area contributed by atoms with E-state index in [4.69, 9.17) is 15.6 Å². The van der Waals surface area contributed by atoms with Crippen molar-refractivity contribution in [3.8, 4) is 5.75 Å². The molecular formula is C19H26N2O4. The predicted octanol–water partition coefficient (Wildman–Crippen LogP) is 2.58. The van der Waals surface area contributed by atoms with Crippen LogP contribution in [0.2, 0.25) is 0 Å². The van der Waals surface area contributed by atoms with Gasteiger partial charge in [0.25, 0.3) is 0 Å². The summed E-state index contributed by atoms with van der Waals surface area (Å²) in [6.07, 6.45) is 6.05. The van der Waals surface area contributed by atoms with Gasteiger partial charge in [-0.3, -0.25) is 4.79 Å². The van der Waals surface area contributed by atoms with Gasteiger partial charge in [0.1, 0.15) is 12.3 Å². The molecule has 3 atom stereocenters. The summed E-state index contributed by atoms with van der Waals surface area (Å²) in [6.45, 7) is 1.76. The number of carbonyl (C=O) groups excluding carboxylic acids is 1. The van der Waals surface area contributed by atoms with Crippen LogP contribution in [0.1, 0.15) is 50.2 Å². The maximum atomic E-state index is 11.7. The largest absolute Gasteiger partial charge is 0.480 e. The molecule has 4 N–H and O–H groups in total. The third-order valence-electron chi connectivity index (χ3n) is 5.79. The third kappa shape index (κ3) is 3.63. The molecule has 0 radical (unpaired) electrons. The molecule has 2 aliphatic rings. The molecule has 6 heteroatoms. The normalized spacial score (nSPS) is 28.2. The molecule has 1 aromatic rings. The number of amides is 1. The number of hydrogen-bond donors (Lipinski definition) is 3. The Kier molecular flexibility index (Phi) is 4.99. The highest BCUT2D eigenvalue weighted by Gasteiger charge is 2.43. The van der Waals surface area contributed by atoms with Crippen molar-refractivity contribution >= 4 is 12.1 Å². The van der Waals surface area contributed by atoms with Crippen molar-refractivity contribution in [1.29, 1.82) is 0 Å². The van der Waals surface area contributed by atoms with Gasteiger partial charge in [0.2, 0.25) is 0 Å². The Morgan fingerprint density at radius 2 is 2.16 bits per heavy atom. The average molecular weight is 346 g/mol. The minimum absolute atomic E-state index is 0.108. The zero-order chi connectivity index (χ0) is 18.0. The Morgan fingerprint density at radius 3 is 2.92 bits per heavy atom. The first-order valence-electron chi connectivity index (χ1n) is 8.96. The summed E-state index contributed by atoms with van der Waals surface area (Å²) in [5, 5.41) is 10.8. The average Bonchev–Trinajstić information content (AvgIpc) is 2.57. The highest BCUT2D eigenvalue weighted by Crippen LogP contribution is 2.46. The summed E-state index contributed by atoms with van der Waals surface area (Å²) in [6, 6.07) is 5.82. The Bertz CT molecular complexity index is 675. The number of rotatable bonds is 3. The lowest BCUT2D eigenvalue weighted by molar-refractivity contribution is -0.135. The molecule has 6 nitrogen and oxygen atoms in total. The second-order valence-corrected chi connectivity index (χ2v) is 7.46. The molecular weight excluding hydrogens is 320 g/mol. The van der Waals surface area contributed by atoms with E-state index in [1.54, 1.807) is 6.07 Å². The van der Waals surface area contributed by atoms with E-state index in [2.05, 4.69) is 12.2 Å². The lowest BCUT2D eigenvalue weighted by Gasteiger charge is -2.47. The van der Waals surface area contributed by atoms with Gasteiger partial charge in [0.05, 0.1) is 0 Å². The fraction of sp³-hybridized carbons (Fsp3) is 0.579. The van der Waals surface area contributed by atoms with Crippen LogP contribution in [-0.4, -0.2) is 29.8 Å². The van der Waals surface area contributed by atoms with Crippen LogP contribution in [0.15, 0.2) is 18.2 Å². The first kappa shape index (κ1) is 17.7. The number of nitrogens with two attached hydrogens (primary N) is 1. The van der Waals surface area contributed by atoms with Crippen molar-refractivity contribution in [1.82, 2.24) is 5.32 Å². The van der Waals surface area contributed by atoms with Gasteiger partial charge >= 0.3 is 12.1 Å². The number of hydrogen-bond acceptors (Lipinski definition) is 4. The molecule has 1 aromatic carbocycles. The maximum Gasteiger partial charge on any atom is 0.413 e. The summed E-state index contributed by atoms with van der Waals surface area (Å²) in [5.41, 5.74) is 8.99. The molecule has 2 aliphatic carbocycles. The minimum Gasteiger partial charge on any atom is -0.480 e. The van der Waals surface area contributed by atoms with Crippen LogP contribution in [0.3, 0.4) is 0 Å². The number of nitrogens with one attached hydrogen (secondary N) is 1. The summed E-state index contributed by atoms with van der Waals surface area (Å²) >= 11 is 0. The van der Waals surface area contributed by atoms with Gasteiger partial charge in [0.15, 0.2) is 0 Å². The second-order valence-electron chi connectivity index (χ2n) is 7.46. The fourth-order valence-corrected chi connectivity index (χ4v) is 4.39. The van der Waals surface area contributed by atoms with Crippen molar-refractivity contribution in [2.45, 2.75) is 56.9 Å². The number of carbonyl (C=O) groups is 2. The van der Waals surface area contributed by atoms with Gasteiger partial charge in [-0.25, -0.2) is 4.79 Å². The van der Waals surface area contributed by atoms with Crippen LogP contribution in [0, 0.1) is 5.92 Å². The highest BCUT2D eigenvalue weighted by atomic mass is 16.6. The monoisotopic (exact) mass is 346 g/mol. The number of fused-ring (bicyclic) bond motifs is 4. The van der Waals surface area contributed by atoms with Crippen LogP contribution >= 0.6 is 0 Å². The Balaban J connectivity index is 1.84. The summed E-state index contributed by atoms with van der Waals surface area (Å²) in [4.78, 5) is 22.2. The van der Waals surface area contributed by atoms with E-state index in [9.17, 15) is 9.59 Å². The number of benzene rings is 1. The smallest absolute Gasteiger partial charge is 0.413 e. The van der Waals surface area contributed by atoms with Crippen LogP contribution < -0.4 is 15.8 Å². The molecule has 1 saturated carbocycles. The van der Waals surface area contributed by atoms with Crippen LogP contribution in [0.5, 0.6) is 5.75 Å². The van der Waals surface area contributed by atoms with Gasteiger partial charge in [-0.1, -0.05) is 32.3 Å².